The van der Waals surface area contributed by atoms with Crippen LogP contribution in [0.3, 0.4) is 0 Å². The molecule has 0 aliphatic heterocycles. The zero-order chi connectivity index (χ0) is 14.4. The van der Waals surface area contributed by atoms with Gasteiger partial charge in [0.15, 0.2) is 5.79 Å². The van der Waals surface area contributed by atoms with Gasteiger partial charge < -0.3 is 20.7 Å². The lowest BCUT2D eigenvalue weighted by molar-refractivity contribution is -0.172. The Kier molecular flexibility index (Phi) is 5.40. The zero-order valence-electron chi connectivity index (χ0n) is 11.9. The smallest absolute Gasteiger partial charge is 0.191 e. The van der Waals surface area contributed by atoms with Gasteiger partial charge >= 0.3 is 0 Å². The summed E-state index contributed by atoms with van der Waals surface area (Å²) in [4.78, 5) is 0. The average Bonchev–Trinajstić information content (AvgIpc) is 2.46. The number of benzene rings is 1. The van der Waals surface area contributed by atoms with Crippen LogP contribution >= 0.6 is 0 Å². The van der Waals surface area contributed by atoms with E-state index in [1.807, 2.05) is 6.07 Å². The summed E-state index contributed by atoms with van der Waals surface area (Å²) in [5, 5.41) is 19.9. The second kappa shape index (κ2) is 7.07. The highest BCUT2D eigenvalue weighted by molar-refractivity contribution is 5.31. The van der Waals surface area contributed by atoms with Crippen molar-refractivity contribution in [1.82, 2.24) is 0 Å². The molecule has 0 bridgehead atoms. The third-order valence-electron chi connectivity index (χ3n) is 4.00. The Labute approximate surface area is 120 Å². The minimum atomic E-state index is -1.88. The lowest BCUT2D eigenvalue weighted by Gasteiger charge is -2.23. The molecule has 20 heavy (non-hydrogen) atoms. The fourth-order valence-electron chi connectivity index (χ4n) is 2.75. The molecule has 1 aromatic carbocycles. The highest BCUT2D eigenvalue weighted by Gasteiger charge is 2.25. The molecule has 0 spiro atoms. The number of rotatable bonds is 6. The van der Waals surface area contributed by atoms with E-state index in [4.69, 9.17) is 10.5 Å². The largest absolute Gasteiger partial charge is 0.493 e. The number of ether oxygens (including phenoxy) is 1. The predicted octanol–water partition coefficient (Wildman–Crippen LogP) is 2.13. The number of nitrogens with two attached hydrogens (primary N) is 1. The second-order valence-corrected chi connectivity index (χ2v) is 5.70. The van der Waals surface area contributed by atoms with E-state index < -0.39 is 5.79 Å². The summed E-state index contributed by atoms with van der Waals surface area (Å²) in [5.74, 6) is -0.555. The molecule has 1 aromatic rings. The molecule has 1 aliphatic carbocycles. The van der Waals surface area contributed by atoms with Crippen LogP contribution in [0.25, 0.3) is 0 Å². The molecule has 0 saturated heterocycles. The van der Waals surface area contributed by atoms with E-state index in [2.05, 4.69) is 0 Å². The zero-order valence-corrected chi connectivity index (χ0v) is 11.9. The Hall–Kier alpha value is -1.10. The standard InChI is InChI=1S/C16H25NO3/c17-10-9-16(18,19)14-7-4-8-15(11-14)20-12-13-5-2-1-3-6-13/h4,7-8,11,13,18-19H,1-3,5-6,9-10,12,17H2. The number of hydrogen-bond donors (Lipinski definition) is 3. The Bertz CT molecular complexity index is 414. The molecule has 2 rings (SSSR count). The Morgan fingerprint density at radius 2 is 1.95 bits per heavy atom. The van der Waals surface area contributed by atoms with Crippen LogP contribution in [-0.4, -0.2) is 23.4 Å². The van der Waals surface area contributed by atoms with Crippen molar-refractivity contribution in [1.29, 1.82) is 0 Å². The van der Waals surface area contributed by atoms with Crippen LogP contribution in [0.5, 0.6) is 5.75 Å². The van der Waals surface area contributed by atoms with E-state index in [9.17, 15) is 10.2 Å². The highest BCUT2D eigenvalue weighted by atomic mass is 16.5. The molecule has 0 unspecified atom stereocenters. The lowest BCUT2D eigenvalue weighted by atomic mass is 9.90. The maximum absolute atomic E-state index is 9.95. The van der Waals surface area contributed by atoms with Crippen LogP contribution in [0.1, 0.15) is 44.1 Å². The van der Waals surface area contributed by atoms with Gasteiger partial charge in [-0.05, 0) is 37.4 Å². The van der Waals surface area contributed by atoms with Crippen molar-refractivity contribution in [2.45, 2.75) is 44.3 Å². The van der Waals surface area contributed by atoms with Crippen molar-refractivity contribution < 1.29 is 14.9 Å². The molecule has 112 valence electrons. The molecule has 1 saturated carbocycles. The van der Waals surface area contributed by atoms with E-state index in [-0.39, 0.29) is 13.0 Å². The van der Waals surface area contributed by atoms with Gasteiger partial charge in [0.2, 0.25) is 0 Å². The van der Waals surface area contributed by atoms with Gasteiger partial charge in [-0.15, -0.1) is 0 Å². The van der Waals surface area contributed by atoms with Crippen molar-refractivity contribution in [3.8, 4) is 5.75 Å². The van der Waals surface area contributed by atoms with Crippen molar-refractivity contribution in [3.63, 3.8) is 0 Å². The fourth-order valence-corrected chi connectivity index (χ4v) is 2.75. The average molecular weight is 279 g/mol. The maximum Gasteiger partial charge on any atom is 0.191 e. The summed E-state index contributed by atoms with van der Waals surface area (Å²) < 4.78 is 5.81. The van der Waals surface area contributed by atoms with Gasteiger partial charge in [-0.25, -0.2) is 0 Å². The second-order valence-electron chi connectivity index (χ2n) is 5.70. The topological polar surface area (TPSA) is 75.7 Å². The molecular formula is C16H25NO3. The van der Waals surface area contributed by atoms with Gasteiger partial charge in [-0.1, -0.05) is 31.4 Å². The van der Waals surface area contributed by atoms with Gasteiger partial charge in [0, 0.05) is 12.0 Å². The van der Waals surface area contributed by atoms with Crippen molar-refractivity contribution in [3.05, 3.63) is 29.8 Å². The first-order chi connectivity index (χ1) is 9.62. The predicted molar refractivity (Wildman–Crippen MR) is 78.3 cm³/mol. The molecule has 0 aromatic heterocycles. The third-order valence-corrected chi connectivity index (χ3v) is 4.00. The first-order valence-corrected chi connectivity index (χ1v) is 7.50. The van der Waals surface area contributed by atoms with Crippen LogP contribution in [0, 0.1) is 5.92 Å². The van der Waals surface area contributed by atoms with Crippen LogP contribution in [-0.2, 0) is 5.79 Å². The molecule has 4 N–H and O–H groups in total. The first kappa shape index (κ1) is 15.3. The Balaban J connectivity index is 1.95. The molecule has 0 heterocycles. The normalized spacial score (nSPS) is 17.1. The summed E-state index contributed by atoms with van der Waals surface area (Å²) in [6.45, 7) is 0.935. The minimum absolute atomic E-state index is 0.110. The SMILES string of the molecule is NCCC(O)(O)c1cccc(OCC2CCCCC2)c1. The van der Waals surface area contributed by atoms with E-state index in [1.54, 1.807) is 18.2 Å². The molecule has 1 fully saturated rings. The third kappa shape index (κ3) is 4.20. The maximum atomic E-state index is 9.95. The summed E-state index contributed by atoms with van der Waals surface area (Å²) in [6, 6.07) is 7.01. The Morgan fingerprint density at radius 1 is 1.20 bits per heavy atom. The van der Waals surface area contributed by atoms with Crippen molar-refractivity contribution in [2.24, 2.45) is 11.7 Å². The van der Waals surface area contributed by atoms with E-state index >= 15 is 0 Å². The monoisotopic (exact) mass is 279 g/mol. The summed E-state index contributed by atoms with van der Waals surface area (Å²) in [5.41, 5.74) is 5.83. The van der Waals surface area contributed by atoms with Crippen molar-refractivity contribution in [2.75, 3.05) is 13.2 Å². The molecule has 0 amide bonds. The van der Waals surface area contributed by atoms with Crippen LogP contribution < -0.4 is 10.5 Å². The van der Waals surface area contributed by atoms with Gasteiger partial charge in [-0.3, -0.25) is 0 Å². The molecule has 1 aliphatic rings. The van der Waals surface area contributed by atoms with E-state index in [0.29, 0.717) is 23.8 Å². The van der Waals surface area contributed by atoms with Crippen LogP contribution in [0.2, 0.25) is 0 Å². The van der Waals surface area contributed by atoms with Crippen molar-refractivity contribution >= 4 is 0 Å². The molecule has 0 atom stereocenters. The summed E-state index contributed by atoms with van der Waals surface area (Å²) in [7, 11) is 0. The van der Waals surface area contributed by atoms with Gasteiger partial charge in [-0.2, -0.15) is 0 Å². The lowest BCUT2D eigenvalue weighted by Crippen LogP contribution is -2.28. The molecule has 4 nitrogen and oxygen atoms in total. The van der Waals surface area contributed by atoms with E-state index in [0.717, 1.165) is 0 Å². The number of hydrogen-bond acceptors (Lipinski definition) is 4. The van der Waals surface area contributed by atoms with Crippen LogP contribution in [0.4, 0.5) is 0 Å². The highest BCUT2D eigenvalue weighted by Crippen LogP contribution is 2.27. The quantitative estimate of drug-likeness (QED) is 0.697. The van der Waals surface area contributed by atoms with Gasteiger partial charge in [0.1, 0.15) is 5.75 Å². The molecule has 4 heteroatoms. The van der Waals surface area contributed by atoms with Crippen LogP contribution in [0.15, 0.2) is 24.3 Å². The van der Waals surface area contributed by atoms with E-state index in [1.165, 1.54) is 32.1 Å². The summed E-state index contributed by atoms with van der Waals surface area (Å²) >= 11 is 0. The Morgan fingerprint density at radius 3 is 2.65 bits per heavy atom. The fraction of sp³-hybridized carbons (Fsp3) is 0.625. The van der Waals surface area contributed by atoms with Gasteiger partial charge in [0.05, 0.1) is 6.61 Å². The number of aliphatic hydroxyl groups is 2. The minimum Gasteiger partial charge on any atom is -0.493 e. The molecular weight excluding hydrogens is 254 g/mol. The molecule has 0 radical (unpaired) electrons. The summed E-state index contributed by atoms with van der Waals surface area (Å²) in [6.07, 6.45) is 6.50. The van der Waals surface area contributed by atoms with Gasteiger partial charge in [0.25, 0.3) is 0 Å². The first-order valence-electron chi connectivity index (χ1n) is 7.50.